The number of β-amino-alcohol motifs (C(OH)–C–C–N with tert-alkyl or cyclic N) is 1. The maximum Gasteiger partial charge on any atom is 0.118 e. The molecular formula is C16H23NO3. The van der Waals surface area contributed by atoms with Crippen LogP contribution in [0.15, 0.2) is 30.3 Å². The van der Waals surface area contributed by atoms with Crippen molar-refractivity contribution in [2.24, 2.45) is 0 Å². The van der Waals surface area contributed by atoms with E-state index in [1.54, 1.807) is 14.0 Å². The summed E-state index contributed by atoms with van der Waals surface area (Å²) in [6, 6.07) is 7.87. The molecule has 1 aromatic rings. The molecular weight excluding hydrogens is 254 g/mol. The van der Waals surface area contributed by atoms with Crippen LogP contribution in [-0.2, 0) is 0 Å². The van der Waals surface area contributed by atoms with E-state index >= 15 is 0 Å². The monoisotopic (exact) mass is 277 g/mol. The highest BCUT2D eigenvalue weighted by molar-refractivity contribution is 5.50. The van der Waals surface area contributed by atoms with Gasteiger partial charge in [0.2, 0.25) is 0 Å². The lowest BCUT2D eigenvalue weighted by atomic mass is 9.91. The lowest BCUT2D eigenvalue weighted by molar-refractivity contribution is -0.105. The van der Waals surface area contributed by atoms with Crippen molar-refractivity contribution in [1.29, 1.82) is 0 Å². The summed E-state index contributed by atoms with van der Waals surface area (Å²) in [7, 11) is 1.65. The topological polar surface area (TPSA) is 52.9 Å². The van der Waals surface area contributed by atoms with Crippen LogP contribution in [0.1, 0.15) is 18.9 Å². The molecule has 1 saturated heterocycles. The smallest absolute Gasteiger partial charge is 0.118 e. The van der Waals surface area contributed by atoms with Crippen LogP contribution in [0.3, 0.4) is 0 Å². The molecule has 20 heavy (non-hydrogen) atoms. The lowest BCUT2D eigenvalue weighted by Gasteiger charge is -2.39. The van der Waals surface area contributed by atoms with Gasteiger partial charge in [0.25, 0.3) is 0 Å². The first-order valence-corrected chi connectivity index (χ1v) is 6.94. The minimum Gasteiger partial charge on any atom is -0.497 e. The van der Waals surface area contributed by atoms with Crippen LogP contribution >= 0.6 is 0 Å². The van der Waals surface area contributed by atoms with Crippen LogP contribution in [0.25, 0.3) is 6.08 Å². The maximum atomic E-state index is 9.91. The summed E-state index contributed by atoms with van der Waals surface area (Å²) in [5, 5.41) is 19.8. The quantitative estimate of drug-likeness (QED) is 0.876. The molecule has 0 amide bonds. The Kier molecular flexibility index (Phi) is 4.81. The van der Waals surface area contributed by atoms with Gasteiger partial charge in [-0.15, -0.1) is 0 Å². The molecule has 1 aliphatic heterocycles. The van der Waals surface area contributed by atoms with Crippen molar-refractivity contribution in [1.82, 2.24) is 4.90 Å². The van der Waals surface area contributed by atoms with E-state index in [9.17, 15) is 10.2 Å². The van der Waals surface area contributed by atoms with Crippen molar-refractivity contribution in [2.75, 3.05) is 26.7 Å². The largest absolute Gasteiger partial charge is 0.497 e. The van der Waals surface area contributed by atoms with Crippen LogP contribution in [0, 0.1) is 0 Å². The summed E-state index contributed by atoms with van der Waals surface area (Å²) in [5.74, 6) is 0.850. The Hall–Kier alpha value is -1.36. The van der Waals surface area contributed by atoms with E-state index in [2.05, 4.69) is 17.1 Å². The fourth-order valence-corrected chi connectivity index (χ4v) is 2.30. The van der Waals surface area contributed by atoms with Crippen LogP contribution in [0.2, 0.25) is 0 Å². The predicted octanol–water partition coefficient (Wildman–Crippen LogP) is 1.53. The molecule has 0 saturated carbocycles. The zero-order valence-electron chi connectivity index (χ0n) is 12.1. The van der Waals surface area contributed by atoms with Gasteiger partial charge in [0.05, 0.1) is 18.8 Å². The SMILES string of the molecule is COc1ccc(/C=C/CN2CC[C@](C)(O)[C@@H](O)C2)cc1. The van der Waals surface area contributed by atoms with Gasteiger partial charge in [-0.2, -0.15) is 0 Å². The zero-order chi connectivity index (χ0) is 14.6. The van der Waals surface area contributed by atoms with Gasteiger partial charge >= 0.3 is 0 Å². The highest BCUT2D eigenvalue weighted by Crippen LogP contribution is 2.21. The maximum absolute atomic E-state index is 9.91. The van der Waals surface area contributed by atoms with E-state index in [0.29, 0.717) is 13.0 Å². The van der Waals surface area contributed by atoms with Crippen LogP contribution in [0.5, 0.6) is 5.75 Å². The predicted molar refractivity (Wildman–Crippen MR) is 79.7 cm³/mol. The average molecular weight is 277 g/mol. The van der Waals surface area contributed by atoms with E-state index < -0.39 is 11.7 Å². The lowest BCUT2D eigenvalue weighted by Crippen LogP contribution is -2.53. The van der Waals surface area contributed by atoms with Gasteiger partial charge in [-0.25, -0.2) is 0 Å². The number of aliphatic hydroxyl groups is 2. The number of piperidine rings is 1. The fraction of sp³-hybridized carbons (Fsp3) is 0.500. The van der Waals surface area contributed by atoms with Crippen molar-refractivity contribution in [3.8, 4) is 5.75 Å². The Labute approximate surface area is 120 Å². The highest BCUT2D eigenvalue weighted by atomic mass is 16.5. The summed E-state index contributed by atoms with van der Waals surface area (Å²) < 4.78 is 5.12. The number of rotatable bonds is 4. The van der Waals surface area contributed by atoms with Crippen LogP contribution < -0.4 is 4.74 Å². The number of hydrogen-bond donors (Lipinski definition) is 2. The normalized spacial score (nSPS) is 27.9. The fourth-order valence-electron chi connectivity index (χ4n) is 2.30. The number of aliphatic hydroxyl groups excluding tert-OH is 1. The molecule has 110 valence electrons. The molecule has 4 nitrogen and oxygen atoms in total. The molecule has 1 heterocycles. The second-order valence-electron chi connectivity index (χ2n) is 5.56. The van der Waals surface area contributed by atoms with Gasteiger partial charge in [-0.05, 0) is 31.0 Å². The van der Waals surface area contributed by atoms with Crippen LogP contribution in [-0.4, -0.2) is 53.6 Å². The number of methoxy groups -OCH3 is 1. The Morgan fingerprint density at radius 1 is 1.40 bits per heavy atom. The standard InChI is InChI=1S/C16H23NO3/c1-16(19)9-11-17(12-15(16)18)10-3-4-13-5-7-14(20-2)8-6-13/h3-8,15,18-19H,9-12H2,1-2H3/b4-3+/t15-,16-/m0/s1. The second kappa shape index (κ2) is 6.39. The first-order chi connectivity index (χ1) is 9.51. The average Bonchev–Trinajstić information content (AvgIpc) is 2.44. The van der Waals surface area contributed by atoms with Crippen molar-refractivity contribution in [2.45, 2.75) is 25.0 Å². The number of nitrogens with zero attached hydrogens (tertiary/aromatic N) is 1. The molecule has 0 aliphatic carbocycles. The van der Waals surface area contributed by atoms with Gasteiger partial charge in [0.1, 0.15) is 5.75 Å². The van der Waals surface area contributed by atoms with Gasteiger partial charge < -0.3 is 14.9 Å². The van der Waals surface area contributed by atoms with Crippen molar-refractivity contribution in [3.05, 3.63) is 35.9 Å². The first-order valence-electron chi connectivity index (χ1n) is 6.94. The number of hydrogen-bond acceptors (Lipinski definition) is 4. The molecule has 0 radical (unpaired) electrons. The van der Waals surface area contributed by atoms with Gasteiger partial charge in [-0.3, -0.25) is 4.90 Å². The molecule has 2 rings (SSSR count). The van der Waals surface area contributed by atoms with Crippen molar-refractivity contribution < 1.29 is 14.9 Å². The molecule has 4 heteroatoms. The van der Waals surface area contributed by atoms with Gasteiger partial charge in [0.15, 0.2) is 0 Å². The summed E-state index contributed by atoms with van der Waals surface area (Å²) in [6.45, 7) is 3.79. The van der Waals surface area contributed by atoms with E-state index in [1.165, 1.54) is 0 Å². The third kappa shape index (κ3) is 3.82. The molecule has 0 bridgehead atoms. The molecule has 0 spiro atoms. The summed E-state index contributed by atoms with van der Waals surface area (Å²) in [5.41, 5.74) is 0.172. The van der Waals surface area contributed by atoms with E-state index in [4.69, 9.17) is 4.74 Å². The molecule has 0 unspecified atom stereocenters. The summed E-state index contributed by atoms with van der Waals surface area (Å²) in [4.78, 5) is 2.14. The Bertz CT molecular complexity index is 453. The number of benzene rings is 1. The molecule has 1 aromatic carbocycles. The van der Waals surface area contributed by atoms with Crippen molar-refractivity contribution in [3.63, 3.8) is 0 Å². The molecule has 0 aromatic heterocycles. The van der Waals surface area contributed by atoms with E-state index in [0.717, 1.165) is 24.4 Å². The van der Waals surface area contributed by atoms with Gasteiger partial charge in [0, 0.05) is 19.6 Å². The second-order valence-corrected chi connectivity index (χ2v) is 5.56. The molecule has 1 aliphatic rings. The molecule has 2 atom stereocenters. The van der Waals surface area contributed by atoms with Gasteiger partial charge in [-0.1, -0.05) is 24.3 Å². The van der Waals surface area contributed by atoms with Crippen molar-refractivity contribution >= 4 is 6.08 Å². The van der Waals surface area contributed by atoms with E-state index in [1.807, 2.05) is 24.3 Å². The van der Waals surface area contributed by atoms with Crippen LogP contribution in [0.4, 0.5) is 0 Å². The molecule has 1 fully saturated rings. The summed E-state index contributed by atoms with van der Waals surface area (Å²) >= 11 is 0. The Balaban J connectivity index is 1.84. The molecule has 2 N–H and O–H groups in total. The third-order valence-corrected chi connectivity index (χ3v) is 3.87. The number of ether oxygens (including phenoxy) is 1. The Morgan fingerprint density at radius 2 is 2.10 bits per heavy atom. The highest BCUT2D eigenvalue weighted by Gasteiger charge is 2.35. The first kappa shape index (κ1) is 15.0. The minimum atomic E-state index is -0.948. The zero-order valence-corrected chi connectivity index (χ0v) is 12.1. The third-order valence-electron chi connectivity index (χ3n) is 3.87. The number of likely N-dealkylation sites (tertiary alicyclic amines) is 1. The Morgan fingerprint density at radius 3 is 2.70 bits per heavy atom. The summed E-state index contributed by atoms with van der Waals surface area (Å²) in [6.07, 6.45) is 4.06. The minimum absolute atomic E-state index is 0.514. The van der Waals surface area contributed by atoms with E-state index in [-0.39, 0.29) is 0 Å².